The van der Waals surface area contributed by atoms with Crippen LogP contribution >= 0.6 is 11.6 Å². The van der Waals surface area contributed by atoms with Crippen molar-refractivity contribution in [2.45, 2.75) is 26.4 Å². The van der Waals surface area contributed by atoms with E-state index in [4.69, 9.17) is 21.1 Å². The van der Waals surface area contributed by atoms with Crippen LogP contribution in [0.25, 0.3) is 11.1 Å². The lowest BCUT2D eigenvalue weighted by molar-refractivity contribution is -0.157. The third kappa shape index (κ3) is 5.08. The molecule has 2 aromatic rings. The summed E-state index contributed by atoms with van der Waals surface area (Å²) in [5.74, 6) is 0.248. The summed E-state index contributed by atoms with van der Waals surface area (Å²) in [5.41, 5.74) is 1.63. The standard InChI is InChI=1S/C18H19ClO3/c1-18(2,3)22-17(20)12-21-16-10-6-14(7-11-16)13-4-8-15(19)9-5-13/h4-11H,12H2,1-3H3. The Bertz CT molecular complexity index is 625. The lowest BCUT2D eigenvalue weighted by Crippen LogP contribution is -2.27. The number of halogens is 1. The summed E-state index contributed by atoms with van der Waals surface area (Å²) in [4.78, 5) is 11.6. The molecule has 0 atom stereocenters. The van der Waals surface area contributed by atoms with Gasteiger partial charge in [0.2, 0.25) is 0 Å². The van der Waals surface area contributed by atoms with Gasteiger partial charge < -0.3 is 9.47 Å². The molecule has 2 aromatic carbocycles. The lowest BCUT2D eigenvalue weighted by atomic mass is 10.1. The Kier molecular flexibility index (Phi) is 5.09. The van der Waals surface area contributed by atoms with E-state index in [0.29, 0.717) is 10.8 Å². The molecule has 116 valence electrons. The highest BCUT2D eigenvalue weighted by molar-refractivity contribution is 6.30. The molecule has 0 unspecified atom stereocenters. The minimum atomic E-state index is -0.501. The first-order valence-corrected chi connectivity index (χ1v) is 7.42. The molecule has 0 radical (unpaired) electrons. The quantitative estimate of drug-likeness (QED) is 0.765. The highest BCUT2D eigenvalue weighted by atomic mass is 35.5. The molecule has 0 bridgehead atoms. The minimum Gasteiger partial charge on any atom is -0.482 e. The van der Waals surface area contributed by atoms with E-state index in [-0.39, 0.29) is 12.6 Å². The van der Waals surface area contributed by atoms with E-state index in [1.807, 2.05) is 69.3 Å². The number of rotatable bonds is 4. The molecule has 0 amide bonds. The van der Waals surface area contributed by atoms with Crippen molar-refractivity contribution < 1.29 is 14.3 Å². The normalized spacial score (nSPS) is 11.1. The summed E-state index contributed by atoms with van der Waals surface area (Å²) in [5, 5.41) is 0.709. The predicted octanol–water partition coefficient (Wildman–Crippen LogP) is 4.73. The van der Waals surface area contributed by atoms with Crippen molar-refractivity contribution in [1.29, 1.82) is 0 Å². The summed E-state index contributed by atoms with van der Waals surface area (Å²) in [6.45, 7) is 5.38. The van der Waals surface area contributed by atoms with Crippen molar-refractivity contribution in [2.75, 3.05) is 6.61 Å². The third-order valence-corrected chi connectivity index (χ3v) is 3.06. The number of benzene rings is 2. The van der Waals surface area contributed by atoms with Crippen molar-refractivity contribution in [1.82, 2.24) is 0 Å². The first-order valence-electron chi connectivity index (χ1n) is 7.04. The maximum Gasteiger partial charge on any atom is 0.344 e. The Labute approximate surface area is 135 Å². The second kappa shape index (κ2) is 6.84. The van der Waals surface area contributed by atoms with Gasteiger partial charge in [0.25, 0.3) is 0 Å². The van der Waals surface area contributed by atoms with Gasteiger partial charge in [0.15, 0.2) is 6.61 Å². The van der Waals surface area contributed by atoms with Crippen molar-refractivity contribution in [3.05, 3.63) is 53.6 Å². The fraction of sp³-hybridized carbons (Fsp3) is 0.278. The summed E-state index contributed by atoms with van der Waals surface area (Å²) in [7, 11) is 0. The van der Waals surface area contributed by atoms with Crippen LogP contribution in [0, 0.1) is 0 Å². The van der Waals surface area contributed by atoms with Gasteiger partial charge in [-0.3, -0.25) is 0 Å². The lowest BCUT2D eigenvalue weighted by Gasteiger charge is -2.19. The fourth-order valence-corrected chi connectivity index (χ4v) is 2.03. The molecule has 0 N–H and O–H groups in total. The second-order valence-electron chi connectivity index (χ2n) is 5.91. The van der Waals surface area contributed by atoms with E-state index >= 15 is 0 Å². The number of carbonyl (C=O) groups is 1. The van der Waals surface area contributed by atoms with Crippen LogP contribution in [-0.2, 0) is 9.53 Å². The molecule has 0 heterocycles. The van der Waals surface area contributed by atoms with Gasteiger partial charge in [-0.1, -0.05) is 35.9 Å². The van der Waals surface area contributed by atoms with Crippen LogP contribution in [0.2, 0.25) is 5.02 Å². The van der Waals surface area contributed by atoms with Crippen molar-refractivity contribution >= 4 is 17.6 Å². The largest absolute Gasteiger partial charge is 0.482 e. The van der Waals surface area contributed by atoms with E-state index in [1.165, 1.54) is 0 Å². The van der Waals surface area contributed by atoms with E-state index < -0.39 is 5.60 Å². The maximum absolute atomic E-state index is 11.6. The Morgan fingerprint density at radius 3 is 1.95 bits per heavy atom. The topological polar surface area (TPSA) is 35.5 Å². The van der Waals surface area contributed by atoms with Gasteiger partial charge in [0.05, 0.1) is 0 Å². The molecule has 2 rings (SSSR count). The smallest absolute Gasteiger partial charge is 0.344 e. The predicted molar refractivity (Wildman–Crippen MR) is 88.2 cm³/mol. The zero-order valence-electron chi connectivity index (χ0n) is 12.9. The van der Waals surface area contributed by atoms with Crippen LogP contribution in [-0.4, -0.2) is 18.2 Å². The van der Waals surface area contributed by atoms with Crippen LogP contribution in [0.1, 0.15) is 20.8 Å². The average molecular weight is 319 g/mol. The molecule has 0 saturated heterocycles. The van der Waals surface area contributed by atoms with Crippen molar-refractivity contribution in [3.63, 3.8) is 0 Å². The van der Waals surface area contributed by atoms with Gasteiger partial charge in [-0.25, -0.2) is 4.79 Å². The average Bonchev–Trinajstić information content (AvgIpc) is 2.45. The van der Waals surface area contributed by atoms with Gasteiger partial charge in [0.1, 0.15) is 11.4 Å². The SMILES string of the molecule is CC(C)(C)OC(=O)COc1ccc(-c2ccc(Cl)cc2)cc1. The van der Waals surface area contributed by atoms with E-state index in [2.05, 4.69) is 0 Å². The maximum atomic E-state index is 11.6. The molecular formula is C18H19ClO3. The fourth-order valence-electron chi connectivity index (χ4n) is 1.90. The number of hydrogen-bond donors (Lipinski definition) is 0. The number of hydrogen-bond acceptors (Lipinski definition) is 3. The summed E-state index contributed by atoms with van der Waals surface area (Å²) in [6, 6.07) is 15.1. The molecule has 0 aromatic heterocycles. The van der Waals surface area contributed by atoms with Gasteiger partial charge in [-0.15, -0.1) is 0 Å². The Hall–Kier alpha value is -2.00. The highest BCUT2D eigenvalue weighted by Gasteiger charge is 2.16. The van der Waals surface area contributed by atoms with Gasteiger partial charge in [0, 0.05) is 5.02 Å². The molecule has 3 nitrogen and oxygen atoms in total. The summed E-state index contributed by atoms with van der Waals surface area (Å²) >= 11 is 5.88. The van der Waals surface area contributed by atoms with Gasteiger partial charge in [-0.05, 0) is 56.2 Å². The first kappa shape index (κ1) is 16.4. The molecule has 4 heteroatoms. The number of ether oxygens (including phenoxy) is 2. The first-order chi connectivity index (χ1) is 10.3. The molecule has 22 heavy (non-hydrogen) atoms. The molecule has 0 fully saturated rings. The molecular weight excluding hydrogens is 300 g/mol. The zero-order valence-corrected chi connectivity index (χ0v) is 13.7. The van der Waals surface area contributed by atoms with Crippen LogP contribution in [0.5, 0.6) is 5.75 Å². The van der Waals surface area contributed by atoms with Crippen LogP contribution in [0.3, 0.4) is 0 Å². The molecule has 0 saturated carbocycles. The number of carbonyl (C=O) groups excluding carboxylic acids is 1. The van der Waals surface area contributed by atoms with Gasteiger partial charge in [-0.2, -0.15) is 0 Å². The Morgan fingerprint density at radius 2 is 1.45 bits per heavy atom. The Morgan fingerprint density at radius 1 is 0.955 bits per heavy atom. The molecule has 0 aliphatic carbocycles. The Balaban J connectivity index is 1.95. The number of esters is 1. The summed E-state index contributed by atoms with van der Waals surface area (Å²) < 4.78 is 10.6. The zero-order chi connectivity index (χ0) is 16.2. The highest BCUT2D eigenvalue weighted by Crippen LogP contribution is 2.24. The second-order valence-corrected chi connectivity index (χ2v) is 6.34. The van der Waals surface area contributed by atoms with Crippen LogP contribution in [0.15, 0.2) is 48.5 Å². The van der Waals surface area contributed by atoms with Crippen molar-refractivity contribution in [3.8, 4) is 16.9 Å². The van der Waals surface area contributed by atoms with Gasteiger partial charge >= 0.3 is 5.97 Å². The van der Waals surface area contributed by atoms with E-state index in [0.717, 1.165) is 11.1 Å². The van der Waals surface area contributed by atoms with Crippen LogP contribution in [0.4, 0.5) is 0 Å². The van der Waals surface area contributed by atoms with E-state index in [9.17, 15) is 4.79 Å². The molecule has 0 aliphatic heterocycles. The van der Waals surface area contributed by atoms with Crippen LogP contribution < -0.4 is 4.74 Å². The third-order valence-electron chi connectivity index (χ3n) is 2.81. The molecule has 0 aliphatic rings. The summed E-state index contributed by atoms with van der Waals surface area (Å²) in [6.07, 6.45) is 0. The molecule has 0 spiro atoms. The van der Waals surface area contributed by atoms with E-state index in [1.54, 1.807) is 0 Å². The minimum absolute atomic E-state index is 0.0996. The monoisotopic (exact) mass is 318 g/mol. The van der Waals surface area contributed by atoms with Crippen molar-refractivity contribution in [2.24, 2.45) is 0 Å².